The van der Waals surface area contributed by atoms with Crippen LogP contribution >= 0.6 is 7.81 Å². The standard InChI is InChI=1S/C9H11.C5H5.F6P.Fe/c1-8(2)9-6-4-3-5-7-9;1-2-4-5-3-1;1-7(2,3,4,5)6;/h3-6,8H,1-2H3;1-5H;;/q3*-1;+3. The molecule has 2 rings (SSSR count). The topological polar surface area (TPSA) is 0 Å². The van der Waals surface area contributed by atoms with Crippen LogP contribution in [0.1, 0.15) is 25.3 Å². The summed E-state index contributed by atoms with van der Waals surface area (Å²) in [7, 11) is -10.7. The molecule has 0 aliphatic rings. The minimum atomic E-state index is -10.7. The van der Waals surface area contributed by atoms with E-state index in [1.807, 2.05) is 48.5 Å². The fraction of sp³-hybridized carbons (Fsp3) is 0.214. The maximum Gasteiger partial charge on any atom is 3.00 e. The van der Waals surface area contributed by atoms with Crippen molar-refractivity contribution in [2.75, 3.05) is 0 Å². The molecule has 0 nitrogen and oxygen atoms in total. The first-order valence-electron chi connectivity index (χ1n) is 5.95. The molecule has 0 fully saturated rings. The van der Waals surface area contributed by atoms with Crippen molar-refractivity contribution >= 4 is 7.81 Å². The van der Waals surface area contributed by atoms with Crippen LogP contribution in [0.25, 0.3) is 0 Å². The Bertz CT molecular complexity index is 462. The van der Waals surface area contributed by atoms with Crippen LogP contribution < -0.4 is 0 Å². The van der Waals surface area contributed by atoms with Crippen molar-refractivity contribution in [3.05, 3.63) is 66.2 Å². The predicted molar refractivity (Wildman–Crippen MR) is 75.0 cm³/mol. The first kappa shape index (κ1) is 23.4. The summed E-state index contributed by atoms with van der Waals surface area (Å²) in [5.74, 6) is 0.603. The van der Waals surface area contributed by atoms with Gasteiger partial charge in [-0.1, -0.05) is 13.8 Å². The Morgan fingerprint density at radius 3 is 1.55 bits per heavy atom. The fourth-order valence-electron chi connectivity index (χ4n) is 1.09. The molecule has 0 aliphatic carbocycles. The van der Waals surface area contributed by atoms with Gasteiger partial charge in [0.05, 0.1) is 0 Å². The van der Waals surface area contributed by atoms with E-state index in [-0.39, 0.29) is 17.1 Å². The van der Waals surface area contributed by atoms with Crippen LogP contribution in [0.3, 0.4) is 0 Å². The predicted octanol–water partition coefficient (Wildman–Crippen LogP) is 7.40. The van der Waals surface area contributed by atoms with Crippen molar-refractivity contribution in [2.45, 2.75) is 19.8 Å². The zero-order valence-electron chi connectivity index (χ0n) is 11.8. The van der Waals surface area contributed by atoms with Crippen molar-refractivity contribution in [1.82, 2.24) is 0 Å². The molecule has 0 spiro atoms. The van der Waals surface area contributed by atoms with Crippen molar-refractivity contribution < 1.29 is 42.3 Å². The first-order chi connectivity index (χ1) is 9.25. The van der Waals surface area contributed by atoms with Crippen LogP contribution in [0.5, 0.6) is 0 Å². The van der Waals surface area contributed by atoms with Crippen LogP contribution in [0, 0.1) is 6.07 Å². The average molecular weight is 385 g/mol. The molecule has 8 heteroatoms. The van der Waals surface area contributed by atoms with Crippen LogP contribution in [-0.4, -0.2) is 0 Å². The second-order valence-corrected chi connectivity index (χ2v) is 6.31. The molecule has 0 saturated carbocycles. The van der Waals surface area contributed by atoms with Gasteiger partial charge in [0.15, 0.2) is 0 Å². The molecule has 0 bridgehead atoms. The Morgan fingerprint density at radius 1 is 0.909 bits per heavy atom. The van der Waals surface area contributed by atoms with E-state index in [4.69, 9.17) is 0 Å². The van der Waals surface area contributed by atoms with Gasteiger partial charge in [-0.25, -0.2) is 12.1 Å². The van der Waals surface area contributed by atoms with Gasteiger partial charge in [-0.2, -0.15) is 54.1 Å². The first-order valence-corrected chi connectivity index (χ1v) is 7.98. The summed E-state index contributed by atoms with van der Waals surface area (Å²) in [6.45, 7) is 4.34. The van der Waals surface area contributed by atoms with Crippen LogP contribution in [-0.2, 0) is 17.1 Å². The minimum Gasteiger partial charge on any atom is -0.214 e. The van der Waals surface area contributed by atoms with Crippen molar-refractivity contribution in [3.8, 4) is 0 Å². The summed E-state index contributed by atoms with van der Waals surface area (Å²) in [6.07, 6.45) is 0. The van der Waals surface area contributed by atoms with E-state index in [0.717, 1.165) is 0 Å². The SMILES string of the molecule is CC(C)c1[c-]cccc1.F[P-](F)(F)(F)(F)F.[Fe+3].c1cc[cH-]c1. The van der Waals surface area contributed by atoms with Gasteiger partial charge in [0, 0.05) is 0 Å². The van der Waals surface area contributed by atoms with Crippen molar-refractivity contribution in [2.24, 2.45) is 0 Å². The third-order valence-electron chi connectivity index (χ3n) is 1.91. The maximum atomic E-state index is 9.87. The largest absolute Gasteiger partial charge is 3.00 e. The zero-order valence-corrected chi connectivity index (χ0v) is 13.8. The Morgan fingerprint density at radius 2 is 1.36 bits per heavy atom. The Kier molecular flexibility index (Phi) is 8.60. The number of rotatable bonds is 1. The second kappa shape index (κ2) is 8.09. The molecular weight excluding hydrogens is 369 g/mol. The number of hydrogen-bond acceptors (Lipinski definition) is 0. The van der Waals surface area contributed by atoms with Crippen LogP contribution in [0.4, 0.5) is 25.2 Å². The summed E-state index contributed by atoms with van der Waals surface area (Å²) in [5, 5.41) is 0. The van der Waals surface area contributed by atoms with Gasteiger partial charge in [-0.3, -0.25) is 0 Å². The molecule has 0 atom stereocenters. The van der Waals surface area contributed by atoms with Crippen molar-refractivity contribution in [3.63, 3.8) is 0 Å². The van der Waals surface area contributed by atoms with E-state index in [0.29, 0.717) is 5.92 Å². The van der Waals surface area contributed by atoms with E-state index in [1.54, 1.807) is 0 Å². The molecule has 2 aromatic rings. The maximum absolute atomic E-state index is 10.7. The fourth-order valence-corrected chi connectivity index (χ4v) is 1.09. The quantitative estimate of drug-likeness (QED) is 0.208. The van der Waals surface area contributed by atoms with Gasteiger partial charge in [-0.05, 0) is 5.92 Å². The molecule has 0 amide bonds. The van der Waals surface area contributed by atoms with E-state index in [1.165, 1.54) is 5.56 Å². The van der Waals surface area contributed by atoms with Gasteiger partial charge in [0.1, 0.15) is 0 Å². The second-order valence-electron chi connectivity index (χ2n) is 4.39. The molecule has 1 radical (unpaired) electrons. The van der Waals surface area contributed by atoms with E-state index in [2.05, 4.69) is 26.0 Å². The molecule has 127 valence electrons. The van der Waals surface area contributed by atoms with E-state index in [9.17, 15) is 25.2 Å². The minimum absolute atomic E-state index is 0. The van der Waals surface area contributed by atoms with Gasteiger partial charge in [0.25, 0.3) is 0 Å². The van der Waals surface area contributed by atoms with Gasteiger partial charge < -0.3 is 0 Å². The molecule has 0 N–H and O–H groups in total. The zero-order chi connectivity index (χ0) is 16.6. The Labute approximate surface area is 136 Å². The summed E-state index contributed by atoms with van der Waals surface area (Å²) in [6, 6.07) is 21.3. The Balaban J connectivity index is 0. The average Bonchev–Trinajstić information content (AvgIpc) is 2.84. The third-order valence-corrected chi connectivity index (χ3v) is 1.91. The number of halogens is 6. The summed E-state index contributed by atoms with van der Waals surface area (Å²) in [5.41, 5.74) is 1.29. The molecule has 0 saturated heterocycles. The van der Waals surface area contributed by atoms with Crippen molar-refractivity contribution in [1.29, 1.82) is 0 Å². The number of benzene rings is 1. The molecule has 2 aromatic carbocycles. The molecule has 0 heterocycles. The summed E-state index contributed by atoms with van der Waals surface area (Å²) in [4.78, 5) is 0. The monoisotopic (exact) mass is 385 g/mol. The van der Waals surface area contributed by atoms with Gasteiger partial charge >= 0.3 is 50.1 Å². The Hall–Kier alpha value is -0.901. The smallest absolute Gasteiger partial charge is 0.214 e. The van der Waals surface area contributed by atoms with E-state index >= 15 is 0 Å². The number of hydrogen-bond donors (Lipinski definition) is 0. The van der Waals surface area contributed by atoms with Gasteiger partial charge in [0.2, 0.25) is 0 Å². The van der Waals surface area contributed by atoms with Gasteiger partial charge in [-0.15, -0.1) is 0 Å². The normalized spacial score (nSPS) is 13.3. The van der Waals surface area contributed by atoms with Crippen LogP contribution in [0.15, 0.2) is 54.6 Å². The molecule has 22 heavy (non-hydrogen) atoms. The summed E-state index contributed by atoms with van der Waals surface area (Å²) >= 11 is 0. The summed E-state index contributed by atoms with van der Waals surface area (Å²) < 4.78 is 59.2. The molecular formula is C14H16F6FeP. The molecule has 0 aliphatic heterocycles. The third kappa shape index (κ3) is 24.1. The van der Waals surface area contributed by atoms with Crippen LogP contribution in [0.2, 0.25) is 0 Å². The van der Waals surface area contributed by atoms with E-state index < -0.39 is 7.81 Å². The molecule has 0 unspecified atom stereocenters. The molecule has 0 aromatic heterocycles.